The van der Waals surface area contributed by atoms with Crippen LogP contribution in [-0.4, -0.2) is 4.98 Å². The molecule has 0 atom stereocenters. The first-order chi connectivity index (χ1) is 7.22. The molecular formula is C8H4ClFN4S. The first-order valence-electron chi connectivity index (χ1n) is 3.95. The number of halogens is 2. The highest BCUT2D eigenvalue weighted by atomic mass is 35.5. The van der Waals surface area contributed by atoms with Crippen LogP contribution in [0.1, 0.15) is 4.88 Å². The van der Waals surface area contributed by atoms with Crippen molar-refractivity contribution < 1.29 is 4.39 Å². The minimum atomic E-state index is -0.522. The molecule has 4 nitrogen and oxygen atoms in total. The van der Waals surface area contributed by atoms with Gasteiger partial charge in [-0.2, -0.15) is 0 Å². The maximum absolute atomic E-state index is 13.4. The minimum Gasteiger partial charge on any atom is -0.241 e. The molecule has 0 unspecified atom stereocenters. The highest BCUT2D eigenvalue weighted by molar-refractivity contribution is 7.19. The van der Waals surface area contributed by atoms with Crippen LogP contribution in [0.2, 0.25) is 5.15 Å². The van der Waals surface area contributed by atoms with E-state index >= 15 is 0 Å². The van der Waals surface area contributed by atoms with Crippen LogP contribution in [0.3, 0.4) is 0 Å². The van der Waals surface area contributed by atoms with Crippen molar-refractivity contribution in [3.63, 3.8) is 0 Å². The summed E-state index contributed by atoms with van der Waals surface area (Å²) in [4.78, 5) is 7.11. The first kappa shape index (κ1) is 10.2. The second-order valence-electron chi connectivity index (χ2n) is 2.75. The van der Waals surface area contributed by atoms with Crippen molar-refractivity contribution in [1.82, 2.24) is 4.98 Å². The van der Waals surface area contributed by atoms with E-state index in [0.717, 1.165) is 4.88 Å². The maximum atomic E-state index is 13.4. The van der Waals surface area contributed by atoms with Gasteiger partial charge in [0.05, 0.1) is 11.2 Å². The Morgan fingerprint density at radius 3 is 3.20 bits per heavy atom. The number of nitrogens with zero attached hydrogens (tertiary/aromatic N) is 4. The van der Waals surface area contributed by atoms with Gasteiger partial charge in [-0.15, -0.1) is 11.3 Å². The number of rotatable bonds is 2. The van der Waals surface area contributed by atoms with E-state index in [0.29, 0.717) is 10.1 Å². The Labute approximate surface area is 92.9 Å². The van der Waals surface area contributed by atoms with Crippen molar-refractivity contribution in [1.29, 1.82) is 0 Å². The van der Waals surface area contributed by atoms with E-state index in [2.05, 4.69) is 15.0 Å². The molecule has 0 radical (unpaired) electrons. The van der Waals surface area contributed by atoms with Crippen molar-refractivity contribution in [2.75, 3.05) is 0 Å². The summed E-state index contributed by atoms with van der Waals surface area (Å²) in [6.07, 6.45) is 1.50. The predicted molar refractivity (Wildman–Crippen MR) is 57.4 cm³/mol. The Hall–Kier alpha value is -1.36. The van der Waals surface area contributed by atoms with Crippen LogP contribution < -0.4 is 0 Å². The summed E-state index contributed by atoms with van der Waals surface area (Å²) < 4.78 is 13.9. The Morgan fingerprint density at radius 1 is 1.67 bits per heavy atom. The topological polar surface area (TPSA) is 61.7 Å². The molecule has 7 heteroatoms. The van der Waals surface area contributed by atoms with E-state index in [1.54, 1.807) is 6.07 Å². The number of hydrogen-bond donors (Lipinski definition) is 0. The zero-order chi connectivity index (χ0) is 10.8. The number of azide groups is 1. The summed E-state index contributed by atoms with van der Waals surface area (Å²) in [7, 11) is 0. The molecule has 0 fully saturated rings. The van der Waals surface area contributed by atoms with Crippen LogP contribution in [0.4, 0.5) is 4.39 Å². The third-order valence-corrected chi connectivity index (χ3v) is 3.19. The fourth-order valence-corrected chi connectivity index (χ4v) is 2.37. The molecule has 76 valence electrons. The summed E-state index contributed by atoms with van der Waals surface area (Å²) in [6, 6.07) is 1.74. The van der Waals surface area contributed by atoms with Crippen LogP contribution in [0.5, 0.6) is 0 Å². The first-order valence-corrected chi connectivity index (χ1v) is 5.15. The SMILES string of the molecule is [N-]=[N+]=NCc1cc2cnc(Cl)c(F)c2s1. The lowest BCUT2D eigenvalue weighted by Crippen LogP contribution is -1.80. The lowest BCUT2D eigenvalue weighted by molar-refractivity contribution is 0.636. The van der Waals surface area contributed by atoms with Crippen LogP contribution in [0.15, 0.2) is 17.4 Å². The van der Waals surface area contributed by atoms with E-state index < -0.39 is 5.82 Å². The van der Waals surface area contributed by atoms with Gasteiger partial charge in [-0.3, -0.25) is 0 Å². The van der Waals surface area contributed by atoms with Gasteiger partial charge in [0, 0.05) is 21.4 Å². The van der Waals surface area contributed by atoms with Gasteiger partial charge in [0.1, 0.15) is 0 Å². The zero-order valence-corrected chi connectivity index (χ0v) is 8.89. The van der Waals surface area contributed by atoms with Gasteiger partial charge in [-0.1, -0.05) is 16.7 Å². The number of thiophene rings is 1. The Kier molecular flexibility index (Phi) is 2.73. The van der Waals surface area contributed by atoms with Crippen molar-refractivity contribution >= 4 is 33.0 Å². The fraction of sp³-hybridized carbons (Fsp3) is 0.125. The summed E-state index contributed by atoms with van der Waals surface area (Å²) >= 11 is 6.75. The number of aromatic nitrogens is 1. The van der Waals surface area contributed by atoms with Crippen molar-refractivity contribution in [3.05, 3.63) is 38.6 Å². The van der Waals surface area contributed by atoms with Gasteiger partial charge in [-0.25, -0.2) is 9.37 Å². The van der Waals surface area contributed by atoms with Gasteiger partial charge in [-0.05, 0) is 11.6 Å². The number of pyridine rings is 1. The highest BCUT2D eigenvalue weighted by Gasteiger charge is 2.10. The average molecular weight is 243 g/mol. The average Bonchev–Trinajstić information content (AvgIpc) is 2.64. The summed E-state index contributed by atoms with van der Waals surface area (Å²) in [5, 5.41) is 3.94. The van der Waals surface area contributed by atoms with Crippen molar-refractivity contribution in [2.24, 2.45) is 5.11 Å². The molecule has 15 heavy (non-hydrogen) atoms. The van der Waals surface area contributed by atoms with Crippen LogP contribution >= 0.6 is 22.9 Å². The second-order valence-corrected chi connectivity index (χ2v) is 4.24. The van der Waals surface area contributed by atoms with Crippen molar-refractivity contribution in [3.8, 4) is 0 Å². The predicted octanol–water partition coefficient (Wildman–Crippen LogP) is 3.90. The summed E-state index contributed by atoms with van der Waals surface area (Å²) in [5.41, 5.74) is 8.16. The maximum Gasteiger partial charge on any atom is 0.178 e. The summed E-state index contributed by atoms with van der Waals surface area (Å²) in [6.45, 7) is 0.215. The molecule has 0 saturated carbocycles. The monoisotopic (exact) mass is 242 g/mol. The molecule has 0 aliphatic carbocycles. The van der Waals surface area contributed by atoms with E-state index in [4.69, 9.17) is 17.1 Å². The standard InChI is InChI=1S/C8H4ClFN4S/c9-8-6(10)7-4(2-12-8)1-5(15-7)3-13-14-11/h1-2H,3H2. The molecule has 2 aromatic heterocycles. The molecule has 2 aromatic rings. The lowest BCUT2D eigenvalue weighted by Gasteiger charge is -1.92. The molecule has 2 heterocycles. The molecule has 0 aliphatic heterocycles. The normalized spacial score (nSPS) is 10.3. The number of fused-ring (bicyclic) bond motifs is 1. The summed E-state index contributed by atoms with van der Waals surface area (Å²) in [5.74, 6) is -0.522. The van der Waals surface area contributed by atoms with Crippen LogP contribution in [0, 0.1) is 5.82 Å². The van der Waals surface area contributed by atoms with Gasteiger partial charge in [0.15, 0.2) is 11.0 Å². The van der Waals surface area contributed by atoms with Gasteiger partial charge < -0.3 is 0 Å². The number of hydrogen-bond acceptors (Lipinski definition) is 3. The quantitative estimate of drug-likeness (QED) is 0.341. The fourth-order valence-electron chi connectivity index (χ4n) is 1.18. The molecule has 0 aliphatic rings. The lowest BCUT2D eigenvalue weighted by atomic mass is 10.3. The van der Waals surface area contributed by atoms with E-state index in [-0.39, 0.29) is 11.7 Å². The Balaban J connectivity index is 2.55. The molecular weight excluding hydrogens is 239 g/mol. The molecule has 2 rings (SSSR count). The highest BCUT2D eigenvalue weighted by Crippen LogP contribution is 2.30. The third-order valence-electron chi connectivity index (χ3n) is 1.80. The largest absolute Gasteiger partial charge is 0.241 e. The smallest absolute Gasteiger partial charge is 0.178 e. The second kappa shape index (κ2) is 4.02. The van der Waals surface area contributed by atoms with E-state index in [1.165, 1.54) is 17.5 Å². The zero-order valence-electron chi connectivity index (χ0n) is 7.31. The van der Waals surface area contributed by atoms with Crippen LogP contribution in [-0.2, 0) is 6.54 Å². The van der Waals surface area contributed by atoms with E-state index in [1.807, 2.05) is 0 Å². The van der Waals surface area contributed by atoms with Gasteiger partial charge >= 0.3 is 0 Å². The van der Waals surface area contributed by atoms with Gasteiger partial charge in [0.25, 0.3) is 0 Å². The Morgan fingerprint density at radius 2 is 2.47 bits per heavy atom. The molecule has 0 bridgehead atoms. The molecule has 0 spiro atoms. The molecule has 0 aromatic carbocycles. The van der Waals surface area contributed by atoms with E-state index in [9.17, 15) is 4.39 Å². The van der Waals surface area contributed by atoms with Gasteiger partial charge in [0.2, 0.25) is 0 Å². The third kappa shape index (κ3) is 1.87. The molecule has 0 N–H and O–H groups in total. The Bertz CT molecular complexity index is 561. The van der Waals surface area contributed by atoms with Crippen LogP contribution in [0.25, 0.3) is 20.5 Å². The van der Waals surface area contributed by atoms with Crippen molar-refractivity contribution in [2.45, 2.75) is 6.54 Å². The minimum absolute atomic E-state index is 0.139. The molecule has 0 saturated heterocycles. The molecule has 0 amide bonds.